The Labute approximate surface area is 146 Å². The van der Waals surface area contributed by atoms with Crippen molar-refractivity contribution in [1.29, 1.82) is 0 Å². The maximum absolute atomic E-state index is 9.73. The Balaban J connectivity index is 2.29. The Hall–Kier alpha value is -2.22. The highest BCUT2D eigenvalue weighted by atomic mass is 16.5. The SMILES string of the molecule is CCOCc1nc2c(N)nc3ccccc3c2n1CC(C)(CO)CO. The summed E-state index contributed by atoms with van der Waals surface area (Å²) in [6.07, 6.45) is 0. The van der Waals surface area contributed by atoms with Gasteiger partial charge in [-0.1, -0.05) is 25.1 Å². The Morgan fingerprint density at radius 2 is 1.92 bits per heavy atom. The van der Waals surface area contributed by atoms with Crippen LogP contribution in [0.5, 0.6) is 0 Å². The molecule has 134 valence electrons. The van der Waals surface area contributed by atoms with E-state index in [1.165, 1.54) is 0 Å². The van der Waals surface area contributed by atoms with Crippen molar-refractivity contribution in [1.82, 2.24) is 14.5 Å². The van der Waals surface area contributed by atoms with E-state index in [-0.39, 0.29) is 13.2 Å². The monoisotopic (exact) mass is 344 g/mol. The second-order valence-electron chi connectivity index (χ2n) is 6.59. The summed E-state index contributed by atoms with van der Waals surface area (Å²) in [6, 6.07) is 7.73. The number of hydrogen-bond donors (Lipinski definition) is 3. The summed E-state index contributed by atoms with van der Waals surface area (Å²) >= 11 is 0. The molecular weight excluding hydrogens is 320 g/mol. The van der Waals surface area contributed by atoms with Crippen LogP contribution < -0.4 is 5.73 Å². The molecule has 25 heavy (non-hydrogen) atoms. The van der Waals surface area contributed by atoms with E-state index < -0.39 is 5.41 Å². The molecule has 0 radical (unpaired) electrons. The third-order valence-corrected chi connectivity index (χ3v) is 4.43. The van der Waals surface area contributed by atoms with E-state index in [4.69, 9.17) is 10.5 Å². The molecule has 0 spiro atoms. The van der Waals surface area contributed by atoms with Crippen molar-refractivity contribution in [3.8, 4) is 0 Å². The van der Waals surface area contributed by atoms with Gasteiger partial charge in [-0.25, -0.2) is 9.97 Å². The summed E-state index contributed by atoms with van der Waals surface area (Å²) in [5.74, 6) is 1.06. The summed E-state index contributed by atoms with van der Waals surface area (Å²) in [5, 5.41) is 20.4. The number of hydrogen-bond acceptors (Lipinski definition) is 6. The van der Waals surface area contributed by atoms with Crippen molar-refractivity contribution in [2.75, 3.05) is 25.6 Å². The molecule has 3 aromatic rings. The Bertz CT molecular complexity index is 887. The highest BCUT2D eigenvalue weighted by Gasteiger charge is 2.27. The van der Waals surface area contributed by atoms with Crippen molar-refractivity contribution in [2.45, 2.75) is 27.0 Å². The zero-order chi connectivity index (χ0) is 18.0. The minimum absolute atomic E-state index is 0.143. The molecule has 7 heteroatoms. The fourth-order valence-corrected chi connectivity index (χ4v) is 2.91. The van der Waals surface area contributed by atoms with E-state index in [1.807, 2.05) is 42.7 Å². The van der Waals surface area contributed by atoms with Gasteiger partial charge in [0.05, 0.1) is 24.2 Å². The third-order valence-electron chi connectivity index (χ3n) is 4.43. The van der Waals surface area contributed by atoms with E-state index in [0.717, 1.165) is 16.4 Å². The zero-order valence-electron chi connectivity index (χ0n) is 14.6. The molecule has 0 fully saturated rings. The number of para-hydroxylation sites is 1. The second-order valence-corrected chi connectivity index (χ2v) is 6.59. The van der Waals surface area contributed by atoms with Crippen molar-refractivity contribution in [2.24, 2.45) is 5.41 Å². The highest BCUT2D eigenvalue weighted by Crippen LogP contribution is 2.31. The van der Waals surface area contributed by atoms with E-state index in [2.05, 4.69) is 9.97 Å². The first-order chi connectivity index (χ1) is 12.0. The normalized spacial score (nSPS) is 12.3. The van der Waals surface area contributed by atoms with Crippen LogP contribution in [0.15, 0.2) is 24.3 Å². The molecule has 0 aliphatic carbocycles. The highest BCUT2D eigenvalue weighted by molar-refractivity contribution is 6.06. The molecule has 7 nitrogen and oxygen atoms in total. The number of nitrogens with two attached hydrogens (primary N) is 1. The lowest BCUT2D eigenvalue weighted by molar-refractivity contribution is 0.0530. The Kier molecular flexibility index (Phi) is 4.89. The first-order valence-corrected chi connectivity index (χ1v) is 8.36. The van der Waals surface area contributed by atoms with Gasteiger partial charge in [-0.15, -0.1) is 0 Å². The molecule has 0 unspecified atom stereocenters. The fraction of sp³-hybridized carbons (Fsp3) is 0.444. The number of pyridine rings is 1. The Morgan fingerprint density at radius 1 is 1.20 bits per heavy atom. The number of aliphatic hydroxyl groups excluding tert-OH is 2. The predicted octanol–water partition coefficient (Wildman–Crippen LogP) is 1.69. The summed E-state index contributed by atoms with van der Waals surface area (Å²) in [5.41, 5.74) is 7.70. The van der Waals surface area contributed by atoms with E-state index in [9.17, 15) is 10.2 Å². The number of aliphatic hydroxyl groups is 2. The fourth-order valence-electron chi connectivity index (χ4n) is 2.91. The molecule has 2 aromatic heterocycles. The van der Waals surface area contributed by atoms with Gasteiger partial charge in [0, 0.05) is 24.0 Å². The van der Waals surface area contributed by atoms with Gasteiger partial charge in [0.25, 0.3) is 0 Å². The maximum atomic E-state index is 9.73. The summed E-state index contributed by atoms with van der Waals surface area (Å²) < 4.78 is 7.54. The molecule has 4 N–H and O–H groups in total. The topological polar surface area (TPSA) is 106 Å². The number of nitrogen functional groups attached to an aromatic ring is 1. The van der Waals surface area contributed by atoms with Gasteiger partial charge in [0.1, 0.15) is 17.9 Å². The van der Waals surface area contributed by atoms with Crippen molar-refractivity contribution in [3.05, 3.63) is 30.1 Å². The number of nitrogens with zero attached hydrogens (tertiary/aromatic N) is 3. The third kappa shape index (κ3) is 3.18. The van der Waals surface area contributed by atoms with Gasteiger partial charge >= 0.3 is 0 Å². The number of ether oxygens (including phenoxy) is 1. The number of rotatable bonds is 7. The number of benzene rings is 1. The minimum Gasteiger partial charge on any atom is -0.396 e. The van der Waals surface area contributed by atoms with E-state index in [1.54, 1.807) is 0 Å². The average Bonchev–Trinajstić information content (AvgIpc) is 2.99. The molecule has 0 saturated carbocycles. The molecule has 2 heterocycles. The van der Waals surface area contributed by atoms with Crippen LogP contribution in [-0.2, 0) is 17.9 Å². The maximum Gasteiger partial charge on any atom is 0.152 e. The van der Waals surface area contributed by atoms with Crippen LogP contribution >= 0.6 is 0 Å². The van der Waals surface area contributed by atoms with Crippen molar-refractivity contribution < 1.29 is 14.9 Å². The first kappa shape index (κ1) is 17.6. The number of imidazole rings is 1. The molecule has 3 rings (SSSR count). The van der Waals surface area contributed by atoms with Crippen LogP contribution in [0.4, 0.5) is 5.82 Å². The molecule has 0 bridgehead atoms. The van der Waals surface area contributed by atoms with Gasteiger partial charge in [0.2, 0.25) is 0 Å². The number of fused-ring (bicyclic) bond motifs is 3. The quantitative estimate of drug-likeness (QED) is 0.602. The van der Waals surface area contributed by atoms with Gasteiger partial charge in [-0.05, 0) is 13.0 Å². The lowest BCUT2D eigenvalue weighted by Crippen LogP contribution is -2.32. The van der Waals surface area contributed by atoms with Crippen LogP contribution in [0.2, 0.25) is 0 Å². The lowest BCUT2D eigenvalue weighted by Gasteiger charge is -2.26. The van der Waals surface area contributed by atoms with Gasteiger partial charge in [0.15, 0.2) is 5.82 Å². The van der Waals surface area contributed by atoms with E-state index in [0.29, 0.717) is 36.9 Å². The lowest BCUT2D eigenvalue weighted by atomic mass is 9.93. The molecule has 0 atom stereocenters. The second kappa shape index (κ2) is 6.95. The van der Waals surface area contributed by atoms with E-state index >= 15 is 0 Å². The first-order valence-electron chi connectivity index (χ1n) is 8.36. The van der Waals surface area contributed by atoms with Crippen molar-refractivity contribution >= 4 is 27.8 Å². The standard InChI is InChI=1S/C18H24N4O3/c1-3-25-8-14-21-15-16(22(14)9-18(2,10-23)11-24)12-6-4-5-7-13(12)20-17(15)19/h4-7,23-24H,3,8-11H2,1-2H3,(H2,19,20). The summed E-state index contributed by atoms with van der Waals surface area (Å²) in [7, 11) is 0. The smallest absolute Gasteiger partial charge is 0.152 e. The van der Waals surface area contributed by atoms with Crippen LogP contribution in [0.1, 0.15) is 19.7 Å². The van der Waals surface area contributed by atoms with Crippen LogP contribution in [0, 0.1) is 5.41 Å². The van der Waals surface area contributed by atoms with Gasteiger partial charge in [-0.3, -0.25) is 0 Å². The zero-order valence-corrected chi connectivity index (χ0v) is 14.6. The van der Waals surface area contributed by atoms with Crippen LogP contribution in [0.3, 0.4) is 0 Å². The van der Waals surface area contributed by atoms with Crippen LogP contribution in [0.25, 0.3) is 21.9 Å². The molecular formula is C18H24N4O3. The predicted molar refractivity (Wildman–Crippen MR) is 97.1 cm³/mol. The average molecular weight is 344 g/mol. The van der Waals surface area contributed by atoms with Crippen molar-refractivity contribution in [3.63, 3.8) is 0 Å². The number of aromatic nitrogens is 3. The minimum atomic E-state index is -0.687. The summed E-state index contributed by atoms with van der Waals surface area (Å²) in [4.78, 5) is 9.08. The van der Waals surface area contributed by atoms with Gasteiger partial charge in [-0.2, -0.15) is 0 Å². The Morgan fingerprint density at radius 3 is 2.60 bits per heavy atom. The summed E-state index contributed by atoms with van der Waals surface area (Å²) in [6.45, 7) is 4.75. The number of anilines is 1. The largest absolute Gasteiger partial charge is 0.396 e. The molecule has 0 aliphatic heterocycles. The molecule has 1 aromatic carbocycles. The van der Waals surface area contributed by atoms with Gasteiger partial charge < -0.3 is 25.3 Å². The molecule has 0 aliphatic rings. The van der Waals surface area contributed by atoms with Crippen LogP contribution in [-0.4, -0.2) is 44.6 Å². The molecule has 0 amide bonds. The molecule has 0 saturated heterocycles.